The summed E-state index contributed by atoms with van der Waals surface area (Å²) in [6.45, 7) is 8.71. The molecule has 1 aromatic carbocycles. The summed E-state index contributed by atoms with van der Waals surface area (Å²) in [6, 6.07) is 4.90. The number of carbonyl (C=O) groups is 2. The molecular formula is C24H38N4O5. The number of morpholine rings is 1. The molecule has 2 aliphatic rings. The average molecular weight is 463 g/mol. The van der Waals surface area contributed by atoms with Gasteiger partial charge in [0.05, 0.1) is 31.4 Å². The van der Waals surface area contributed by atoms with E-state index in [-0.39, 0.29) is 36.5 Å². The molecule has 0 radical (unpaired) electrons. The molecule has 1 aromatic rings. The van der Waals surface area contributed by atoms with E-state index in [4.69, 9.17) is 9.47 Å². The Balaban J connectivity index is 1.78. The number of amides is 2. The molecule has 0 spiro atoms. The van der Waals surface area contributed by atoms with Crippen molar-refractivity contribution in [2.45, 2.75) is 32.4 Å². The lowest BCUT2D eigenvalue weighted by atomic mass is 9.99. The van der Waals surface area contributed by atoms with Crippen molar-refractivity contribution < 1.29 is 24.2 Å². The third kappa shape index (κ3) is 6.89. The number of fused-ring (bicyclic) bond motifs is 1. The predicted octanol–water partition coefficient (Wildman–Crippen LogP) is 1.13. The summed E-state index contributed by atoms with van der Waals surface area (Å²) in [4.78, 5) is 31.9. The van der Waals surface area contributed by atoms with Crippen molar-refractivity contribution in [3.63, 3.8) is 0 Å². The predicted molar refractivity (Wildman–Crippen MR) is 127 cm³/mol. The van der Waals surface area contributed by atoms with Crippen LogP contribution < -0.4 is 10.1 Å². The highest BCUT2D eigenvalue weighted by atomic mass is 16.5. The van der Waals surface area contributed by atoms with Crippen LogP contribution in [-0.4, -0.2) is 110 Å². The number of nitrogens with one attached hydrogen (secondary N) is 1. The Kier molecular flexibility index (Phi) is 9.08. The molecular weight excluding hydrogens is 424 g/mol. The molecule has 3 rings (SSSR count). The summed E-state index contributed by atoms with van der Waals surface area (Å²) < 4.78 is 11.6. The molecule has 9 nitrogen and oxygen atoms in total. The number of rotatable bonds is 8. The van der Waals surface area contributed by atoms with Gasteiger partial charge in [-0.15, -0.1) is 0 Å². The zero-order chi connectivity index (χ0) is 24.0. The first-order valence-corrected chi connectivity index (χ1v) is 11.8. The maximum Gasteiger partial charge on any atom is 0.258 e. The van der Waals surface area contributed by atoms with Gasteiger partial charge < -0.3 is 29.7 Å². The molecule has 33 heavy (non-hydrogen) atoms. The number of anilines is 1. The van der Waals surface area contributed by atoms with Crippen LogP contribution in [-0.2, 0) is 9.53 Å². The molecule has 0 aromatic heterocycles. The molecule has 0 unspecified atom stereocenters. The average Bonchev–Trinajstić information content (AvgIpc) is 2.80. The fourth-order valence-corrected chi connectivity index (χ4v) is 4.19. The molecule has 1 saturated heterocycles. The highest BCUT2D eigenvalue weighted by molar-refractivity contribution is 5.99. The second-order valence-electron chi connectivity index (χ2n) is 9.35. The van der Waals surface area contributed by atoms with Gasteiger partial charge in [-0.05, 0) is 39.2 Å². The highest BCUT2D eigenvalue weighted by Gasteiger charge is 2.33. The van der Waals surface area contributed by atoms with Gasteiger partial charge in [0.25, 0.3) is 5.91 Å². The van der Waals surface area contributed by atoms with Gasteiger partial charge >= 0.3 is 0 Å². The van der Waals surface area contributed by atoms with Crippen molar-refractivity contribution in [2.75, 3.05) is 72.0 Å². The van der Waals surface area contributed by atoms with E-state index in [1.165, 1.54) is 0 Å². The van der Waals surface area contributed by atoms with Crippen LogP contribution in [0.3, 0.4) is 0 Å². The molecule has 2 N–H and O–H groups in total. The zero-order valence-corrected chi connectivity index (χ0v) is 20.2. The zero-order valence-electron chi connectivity index (χ0n) is 20.2. The molecule has 2 amide bonds. The normalized spacial score (nSPS) is 22.8. The van der Waals surface area contributed by atoms with Crippen molar-refractivity contribution in [1.82, 2.24) is 14.7 Å². The van der Waals surface area contributed by atoms with Crippen LogP contribution in [0.4, 0.5) is 5.69 Å². The van der Waals surface area contributed by atoms with E-state index >= 15 is 0 Å². The Labute approximate surface area is 196 Å². The summed E-state index contributed by atoms with van der Waals surface area (Å²) in [5, 5.41) is 12.7. The standard InChI is InChI=1S/C24H38N4O5/c1-17-14-28(18(2)16-29)24(31)20-13-19(5-6-21(20)33-22(17)15-26(3)4)25-23(30)7-8-27-9-11-32-12-10-27/h5-6,13,17-18,22,29H,7-12,14-16H2,1-4H3,(H,25,30)/t17-,18+,22+/m1/s1. The van der Waals surface area contributed by atoms with Gasteiger partial charge in [0.1, 0.15) is 11.9 Å². The molecule has 184 valence electrons. The first-order valence-electron chi connectivity index (χ1n) is 11.8. The maximum atomic E-state index is 13.4. The molecule has 2 aliphatic heterocycles. The number of benzene rings is 1. The van der Waals surface area contributed by atoms with Gasteiger partial charge in [0.2, 0.25) is 5.91 Å². The lowest BCUT2D eigenvalue weighted by Gasteiger charge is -2.37. The van der Waals surface area contributed by atoms with Crippen LogP contribution in [0.2, 0.25) is 0 Å². The molecule has 1 fully saturated rings. The first kappa shape index (κ1) is 25.4. The minimum absolute atomic E-state index is 0.0815. The van der Waals surface area contributed by atoms with Gasteiger partial charge in [-0.25, -0.2) is 0 Å². The van der Waals surface area contributed by atoms with Crippen molar-refractivity contribution in [1.29, 1.82) is 0 Å². The molecule has 0 saturated carbocycles. The fourth-order valence-electron chi connectivity index (χ4n) is 4.19. The minimum Gasteiger partial charge on any atom is -0.488 e. The molecule has 3 atom stereocenters. The van der Waals surface area contributed by atoms with E-state index in [2.05, 4.69) is 22.0 Å². The number of ether oxygens (including phenoxy) is 2. The van der Waals surface area contributed by atoms with E-state index in [0.717, 1.165) is 13.1 Å². The number of aliphatic hydroxyl groups is 1. The number of hydrogen-bond acceptors (Lipinski definition) is 7. The first-order chi connectivity index (χ1) is 15.8. The lowest BCUT2D eigenvalue weighted by Crippen LogP contribution is -2.49. The van der Waals surface area contributed by atoms with Gasteiger partial charge in [0.15, 0.2) is 0 Å². The van der Waals surface area contributed by atoms with E-state index < -0.39 is 0 Å². The van der Waals surface area contributed by atoms with Gasteiger partial charge in [-0.3, -0.25) is 14.5 Å². The van der Waals surface area contributed by atoms with E-state index in [1.807, 2.05) is 21.0 Å². The monoisotopic (exact) mass is 462 g/mol. The largest absolute Gasteiger partial charge is 0.488 e. The minimum atomic E-state index is -0.322. The number of nitrogens with zero attached hydrogens (tertiary/aromatic N) is 3. The maximum absolute atomic E-state index is 13.4. The molecule has 2 heterocycles. The summed E-state index contributed by atoms with van der Waals surface area (Å²) >= 11 is 0. The Hall–Kier alpha value is -2.20. The van der Waals surface area contributed by atoms with Crippen molar-refractivity contribution >= 4 is 17.5 Å². The SMILES string of the molecule is C[C@@H]1CN([C@@H](C)CO)C(=O)c2cc(NC(=O)CCN3CCOCC3)ccc2O[C@H]1CN(C)C. The summed E-state index contributed by atoms with van der Waals surface area (Å²) in [5.41, 5.74) is 0.962. The van der Waals surface area contributed by atoms with Gasteiger partial charge in [0, 0.05) is 50.7 Å². The van der Waals surface area contributed by atoms with Crippen LogP contribution in [0.15, 0.2) is 18.2 Å². The summed E-state index contributed by atoms with van der Waals surface area (Å²) in [6.07, 6.45) is 0.256. The summed E-state index contributed by atoms with van der Waals surface area (Å²) in [5.74, 6) is 0.282. The quantitative estimate of drug-likeness (QED) is 0.598. The van der Waals surface area contributed by atoms with Crippen LogP contribution in [0, 0.1) is 5.92 Å². The second kappa shape index (κ2) is 11.8. The number of aliphatic hydroxyl groups excluding tert-OH is 1. The van der Waals surface area contributed by atoms with Crippen LogP contribution in [0.5, 0.6) is 5.75 Å². The molecule has 0 bridgehead atoms. The van der Waals surface area contributed by atoms with Crippen LogP contribution >= 0.6 is 0 Å². The molecule has 0 aliphatic carbocycles. The Bertz CT molecular complexity index is 812. The van der Waals surface area contributed by atoms with Gasteiger partial charge in [-0.1, -0.05) is 6.92 Å². The van der Waals surface area contributed by atoms with Crippen LogP contribution in [0.25, 0.3) is 0 Å². The summed E-state index contributed by atoms with van der Waals surface area (Å²) in [7, 11) is 3.98. The topological polar surface area (TPSA) is 94.6 Å². The van der Waals surface area contributed by atoms with E-state index in [1.54, 1.807) is 23.1 Å². The highest BCUT2D eigenvalue weighted by Crippen LogP contribution is 2.30. The van der Waals surface area contributed by atoms with Crippen LogP contribution in [0.1, 0.15) is 30.6 Å². The number of likely N-dealkylation sites (N-methyl/N-ethyl adjacent to an activating group) is 1. The van der Waals surface area contributed by atoms with Crippen molar-refractivity contribution in [2.24, 2.45) is 5.92 Å². The Morgan fingerprint density at radius 1 is 1.30 bits per heavy atom. The Morgan fingerprint density at radius 2 is 2.03 bits per heavy atom. The fraction of sp³-hybridized carbons (Fsp3) is 0.667. The third-order valence-corrected chi connectivity index (χ3v) is 6.25. The second-order valence-corrected chi connectivity index (χ2v) is 9.35. The van der Waals surface area contributed by atoms with Crippen molar-refractivity contribution in [3.05, 3.63) is 23.8 Å². The smallest absolute Gasteiger partial charge is 0.258 e. The third-order valence-electron chi connectivity index (χ3n) is 6.25. The van der Waals surface area contributed by atoms with Gasteiger partial charge in [-0.2, -0.15) is 0 Å². The van der Waals surface area contributed by atoms with Crippen molar-refractivity contribution in [3.8, 4) is 5.75 Å². The lowest BCUT2D eigenvalue weighted by molar-refractivity contribution is -0.116. The number of hydrogen-bond donors (Lipinski definition) is 2. The number of carbonyl (C=O) groups excluding carboxylic acids is 2. The van der Waals surface area contributed by atoms with E-state index in [0.29, 0.717) is 56.3 Å². The Morgan fingerprint density at radius 3 is 2.70 bits per heavy atom. The molecule has 9 heteroatoms. The van der Waals surface area contributed by atoms with E-state index in [9.17, 15) is 14.7 Å².